The lowest BCUT2D eigenvalue weighted by Crippen LogP contribution is -1.81. The highest BCUT2D eigenvalue weighted by Gasteiger charge is 2.05. The summed E-state index contributed by atoms with van der Waals surface area (Å²) in [6, 6.07) is 11.8. The maximum atomic E-state index is 5.33. The third-order valence-corrected chi connectivity index (χ3v) is 2.55. The van der Waals surface area contributed by atoms with Gasteiger partial charge in [-0.1, -0.05) is 24.3 Å². The van der Waals surface area contributed by atoms with E-state index in [-0.39, 0.29) is 0 Å². The van der Waals surface area contributed by atoms with E-state index in [1.54, 1.807) is 6.26 Å². The first-order valence-corrected chi connectivity index (χ1v) is 5.36. The van der Waals surface area contributed by atoms with Crippen molar-refractivity contribution in [2.24, 2.45) is 0 Å². The van der Waals surface area contributed by atoms with E-state index in [0.717, 1.165) is 22.7 Å². The molecule has 84 valence electrons. The van der Waals surface area contributed by atoms with Crippen LogP contribution in [0.3, 0.4) is 0 Å². The van der Waals surface area contributed by atoms with Gasteiger partial charge in [0.1, 0.15) is 11.6 Å². The first-order valence-electron chi connectivity index (χ1n) is 5.36. The van der Waals surface area contributed by atoms with Crippen molar-refractivity contribution in [3.05, 3.63) is 48.5 Å². The molecule has 0 aliphatic carbocycles. The maximum absolute atomic E-state index is 5.33. The molecule has 0 saturated heterocycles. The molecule has 0 aliphatic rings. The monoisotopic (exact) mass is 225 g/mol. The molecule has 0 spiro atoms. The van der Waals surface area contributed by atoms with Crippen LogP contribution >= 0.6 is 0 Å². The number of benzene rings is 1. The van der Waals surface area contributed by atoms with E-state index in [4.69, 9.17) is 4.42 Å². The molecule has 17 heavy (non-hydrogen) atoms. The summed E-state index contributed by atoms with van der Waals surface area (Å²) in [5.41, 5.74) is 2.04. The Morgan fingerprint density at radius 1 is 1.06 bits per heavy atom. The number of furan rings is 1. The number of hydrogen-bond acceptors (Lipinski definition) is 3. The Bertz CT molecular complexity index is 608. The van der Waals surface area contributed by atoms with Crippen molar-refractivity contribution in [1.82, 2.24) is 15.2 Å². The zero-order valence-electron chi connectivity index (χ0n) is 9.34. The van der Waals surface area contributed by atoms with Gasteiger partial charge in [-0.3, -0.25) is 5.10 Å². The molecule has 0 saturated carbocycles. The van der Waals surface area contributed by atoms with Crippen molar-refractivity contribution in [2.75, 3.05) is 0 Å². The minimum atomic E-state index is 0.716. The molecule has 3 rings (SSSR count). The summed E-state index contributed by atoms with van der Waals surface area (Å²) in [5.74, 6) is 2.39. The molecule has 2 aromatic heterocycles. The number of nitrogens with one attached hydrogen (secondary N) is 1. The van der Waals surface area contributed by atoms with E-state index >= 15 is 0 Å². The summed E-state index contributed by atoms with van der Waals surface area (Å²) in [4.78, 5) is 4.28. The first-order chi connectivity index (χ1) is 8.33. The molecule has 2 heterocycles. The molecule has 0 unspecified atom stereocenters. The largest absolute Gasteiger partial charge is 0.464 e. The molecule has 0 fully saturated rings. The van der Waals surface area contributed by atoms with Crippen molar-refractivity contribution in [3.8, 4) is 22.7 Å². The van der Waals surface area contributed by atoms with E-state index in [2.05, 4.69) is 15.2 Å². The second kappa shape index (κ2) is 3.90. The topological polar surface area (TPSA) is 54.7 Å². The van der Waals surface area contributed by atoms with Crippen molar-refractivity contribution in [2.45, 2.75) is 6.92 Å². The van der Waals surface area contributed by atoms with Gasteiger partial charge in [-0.25, -0.2) is 4.98 Å². The van der Waals surface area contributed by atoms with Gasteiger partial charge in [-0.05, 0) is 19.1 Å². The van der Waals surface area contributed by atoms with Gasteiger partial charge in [0, 0.05) is 11.1 Å². The predicted molar refractivity (Wildman–Crippen MR) is 64.3 cm³/mol. The quantitative estimate of drug-likeness (QED) is 0.729. The second-order valence-corrected chi connectivity index (χ2v) is 3.80. The fourth-order valence-electron chi connectivity index (χ4n) is 1.70. The Morgan fingerprint density at radius 2 is 1.82 bits per heavy atom. The molecular formula is C13H11N3O. The molecule has 0 amide bonds. The summed E-state index contributed by atoms with van der Waals surface area (Å²) < 4.78 is 5.33. The Labute approximate surface area is 98.3 Å². The van der Waals surface area contributed by atoms with Gasteiger partial charge >= 0.3 is 0 Å². The molecule has 3 aromatic rings. The Balaban J connectivity index is 1.95. The number of aromatic nitrogens is 3. The lowest BCUT2D eigenvalue weighted by molar-refractivity contribution is 0.582. The summed E-state index contributed by atoms with van der Waals surface area (Å²) >= 11 is 0. The summed E-state index contributed by atoms with van der Waals surface area (Å²) in [7, 11) is 0. The van der Waals surface area contributed by atoms with E-state index in [1.807, 2.05) is 43.3 Å². The number of H-pyrrole nitrogens is 1. The normalized spacial score (nSPS) is 10.6. The predicted octanol–water partition coefficient (Wildman–Crippen LogP) is 3.04. The molecule has 4 nitrogen and oxygen atoms in total. The number of aryl methyl sites for hydroxylation is 1. The second-order valence-electron chi connectivity index (χ2n) is 3.80. The zero-order valence-corrected chi connectivity index (χ0v) is 9.34. The molecule has 0 aliphatic heterocycles. The molecule has 4 heteroatoms. The molecular weight excluding hydrogens is 214 g/mol. The molecule has 0 bridgehead atoms. The number of hydrogen-bond donors (Lipinski definition) is 1. The van der Waals surface area contributed by atoms with E-state index in [9.17, 15) is 0 Å². The van der Waals surface area contributed by atoms with Crippen LogP contribution in [0.15, 0.2) is 47.1 Å². The van der Waals surface area contributed by atoms with Crippen molar-refractivity contribution < 1.29 is 4.42 Å². The standard InChI is InChI=1S/C13H11N3O/c1-9-14-13(16-15-9)11-6-4-10(5-7-11)12-3-2-8-17-12/h2-8H,1H3,(H,14,15,16). The highest BCUT2D eigenvalue weighted by atomic mass is 16.3. The van der Waals surface area contributed by atoms with Crippen LogP contribution in [0.1, 0.15) is 5.82 Å². The van der Waals surface area contributed by atoms with Gasteiger partial charge in [0.25, 0.3) is 0 Å². The van der Waals surface area contributed by atoms with Crippen LogP contribution in [0.5, 0.6) is 0 Å². The lowest BCUT2D eigenvalue weighted by atomic mass is 10.1. The first kappa shape index (κ1) is 9.84. The van der Waals surface area contributed by atoms with Crippen LogP contribution in [0.2, 0.25) is 0 Å². The number of nitrogens with zero attached hydrogens (tertiary/aromatic N) is 2. The highest BCUT2D eigenvalue weighted by Crippen LogP contribution is 2.23. The highest BCUT2D eigenvalue weighted by molar-refractivity contribution is 5.63. The minimum absolute atomic E-state index is 0.716. The van der Waals surface area contributed by atoms with Crippen LogP contribution in [0, 0.1) is 6.92 Å². The third-order valence-electron chi connectivity index (χ3n) is 2.55. The van der Waals surface area contributed by atoms with Crippen molar-refractivity contribution in [1.29, 1.82) is 0 Å². The summed E-state index contributed by atoms with van der Waals surface area (Å²) in [5, 5.41) is 6.95. The molecule has 0 atom stereocenters. The Morgan fingerprint density at radius 3 is 2.41 bits per heavy atom. The SMILES string of the molecule is Cc1nc(-c2ccc(-c3ccco3)cc2)n[nH]1. The van der Waals surface area contributed by atoms with Crippen molar-refractivity contribution >= 4 is 0 Å². The molecule has 0 radical (unpaired) electrons. The maximum Gasteiger partial charge on any atom is 0.181 e. The van der Waals surface area contributed by atoms with Crippen LogP contribution in [-0.4, -0.2) is 15.2 Å². The third kappa shape index (κ3) is 1.85. The van der Waals surface area contributed by atoms with Gasteiger partial charge in [0.15, 0.2) is 5.82 Å². The van der Waals surface area contributed by atoms with Gasteiger partial charge in [0.2, 0.25) is 0 Å². The fraction of sp³-hybridized carbons (Fsp3) is 0.0769. The fourth-order valence-corrected chi connectivity index (χ4v) is 1.70. The number of rotatable bonds is 2. The van der Waals surface area contributed by atoms with E-state index in [0.29, 0.717) is 5.82 Å². The van der Waals surface area contributed by atoms with E-state index in [1.165, 1.54) is 0 Å². The Kier molecular flexibility index (Phi) is 2.26. The van der Waals surface area contributed by atoms with Gasteiger partial charge in [0.05, 0.1) is 6.26 Å². The van der Waals surface area contributed by atoms with Gasteiger partial charge in [-0.15, -0.1) is 0 Å². The summed E-state index contributed by atoms with van der Waals surface area (Å²) in [6.45, 7) is 1.88. The van der Waals surface area contributed by atoms with Gasteiger partial charge < -0.3 is 4.42 Å². The van der Waals surface area contributed by atoms with Crippen molar-refractivity contribution in [3.63, 3.8) is 0 Å². The number of aromatic amines is 1. The summed E-state index contributed by atoms with van der Waals surface area (Å²) in [6.07, 6.45) is 1.67. The lowest BCUT2D eigenvalue weighted by Gasteiger charge is -1.98. The molecule has 1 aromatic carbocycles. The smallest absolute Gasteiger partial charge is 0.181 e. The molecule has 1 N–H and O–H groups in total. The Hall–Kier alpha value is -2.36. The minimum Gasteiger partial charge on any atom is -0.464 e. The zero-order chi connectivity index (χ0) is 11.7. The van der Waals surface area contributed by atoms with Crippen LogP contribution in [0.4, 0.5) is 0 Å². The average molecular weight is 225 g/mol. The van der Waals surface area contributed by atoms with Gasteiger partial charge in [-0.2, -0.15) is 5.10 Å². The van der Waals surface area contributed by atoms with Crippen LogP contribution < -0.4 is 0 Å². The average Bonchev–Trinajstić information content (AvgIpc) is 3.00. The van der Waals surface area contributed by atoms with E-state index < -0.39 is 0 Å². The van der Waals surface area contributed by atoms with Crippen LogP contribution in [0.25, 0.3) is 22.7 Å². The van der Waals surface area contributed by atoms with Crippen LogP contribution in [-0.2, 0) is 0 Å².